The molecule has 19 heavy (non-hydrogen) atoms. The molecule has 0 aliphatic carbocycles. The zero-order valence-electron chi connectivity index (χ0n) is 9.97. The molecule has 0 amide bonds. The Morgan fingerprint density at radius 1 is 1.21 bits per heavy atom. The number of hydrogen-bond donors (Lipinski definition) is 1. The Hall–Kier alpha value is -2.40. The Balaban J connectivity index is 1.92. The number of nitrogens with two attached hydrogens (primary N) is 1. The van der Waals surface area contributed by atoms with Gasteiger partial charge in [-0.25, -0.2) is 4.39 Å². The van der Waals surface area contributed by atoms with E-state index in [1.807, 2.05) is 12.1 Å². The van der Waals surface area contributed by atoms with Gasteiger partial charge in [-0.2, -0.15) is 4.98 Å². The minimum absolute atomic E-state index is 0.0144. The Kier molecular flexibility index (Phi) is 2.89. The molecule has 0 aliphatic heterocycles. The average molecular weight is 258 g/mol. The first-order chi connectivity index (χ1) is 9.26. The molecule has 3 aromatic rings. The van der Waals surface area contributed by atoms with E-state index >= 15 is 0 Å². The third-order valence-corrected chi connectivity index (χ3v) is 2.70. The Bertz CT molecular complexity index is 691. The van der Waals surface area contributed by atoms with Gasteiger partial charge in [-0.15, -0.1) is 0 Å². The van der Waals surface area contributed by atoms with Crippen LogP contribution in [0.5, 0.6) is 11.8 Å². The summed E-state index contributed by atoms with van der Waals surface area (Å²) in [5.74, 6) is -0.436. The van der Waals surface area contributed by atoms with Crippen LogP contribution in [0.2, 0.25) is 0 Å². The zero-order chi connectivity index (χ0) is 13.2. The molecule has 2 N–H and O–H groups in total. The quantitative estimate of drug-likeness (QED) is 0.783. The number of oxazole rings is 1. The lowest BCUT2D eigenvalue weighted by Crippen LogP contribution is -1.97. The molecule has 0 radical (unpaired) electrons. The number of fused-ring (bicyclic) bond motifs is 1. The molecular formula is C14H11FN2O2. The van der Waals surface area contributed by atoms with Crippen LogP contribution in [0.25, 0.3) is 11.1 Å². The summed E-state index contributed by atoms with van der Waals surface area (Å²) in [6.45, 7) is 0.278. The maximum Gasteiger partial charge on any atom is 0.400 e. The monoisotopic (exact) mass is 258 g/mol. The van der Waals surface area contributed by atoms with Crippen molar-refractivity contribution in [3.05, 3.63) is 53.8 Å². The first-order valence-electron chi connectivity index (χ1n) is 5.78. The molecule has 0 bridgehead atoms. The molecule has 3 rings (SSSR count). The van der Waals surface area contributed by atoms with Gasteiger partial charge in [0.15, 0.2) is 17.1 Å². The predicted molar refractivity (Wildman–Crippen MR) is 68.4 cm³/mol. The fraction of sp³-hybridized carbons (Fsp3) is 0.0714. The molecule has 2 aromatic carbocycles. The van der Waals surface area contributed by atoms with E-state index in [9.17, 15) is 4.39 Å². The van der Waals surface area contributed by atoms with Crippen LogP contribution in [0.1, 0.15) is 5.56 Å². The van der Waals surface area contributed by atoms with E-state index in [0.717, 1.165) is 0 Å². The molecular weight excluding hydrogens is 247 g/mol. The highest BCUT2D eigenvalue weighted by Crippen LogP contribution is 2.27. The molecule has 4 nitrogen and oxygen atoms in total. The summed E-state index contributed by atoms with van der Waals surface area (Å²) >= 11 is 0. The van der Waals surface area contributed by atoms with E-state index in [4.69, 9.17) is 14.9 Å². The smallest absolute Gasteiger partial charge is 0.400 e. The van der Waals surface area contributed by atoms with Crippen LogP contribution in [0.4, 0.5) is 4.39 Å². The van der Waals surface area contributed by atoms with Gasteiger partial charge in [-0.05, 0) is 29.8 Å². The molecule has 1 heterocycles. The number of rotatable bonds is 3. The Morgan fingerprint density at radius 3 is 2.79 bits per heavy atom. The lowest BCUT2D eigenvalue weighted by Gasteiger charge is -2.03. The van der Waals surface area contributed by atoms with Crippen molar-refractivity contribution in [3.63, 3.8) is 0 Å². The first-order valence-corrected chi connectivity index (χ1v) is 5.78. The molecule has 1 aromatic heterocycles. The molecule has 0 unspecified atom stereocenters. The fourth-order valence-electron chi connectivity index (χ4n) is 1.74. The van der Waals surface area contributed by atoms with Crippen molar-refractivity contribution in [3.8, 4) is 11.8 Å². The summed E-state index contributed by atoms with van der Waals surface area (Å²) in [6.07, 6.45) is 0.0144. The SMILES string of the molecule is NCc1ccc(Oc2nc3ccccc3o2)c(F)c1. The van der Waals surface area contributed by atoms with Gasteiger partial charge in [0.2, 0.25) is 0 Å². The second-order valence-corrected chi connectivity index (χ2v) is 4.02. The standard InChI is InChI=1S/C14H11FN2O2/c15-10-7-9(8-16)5-6-12(10)18-14-17-11-3-1-2-4-13(11)19-14/h1-7H,8,16H2. The van der Waals surface area contributed by atoms with Gasteiger partial charge in [0.1, 0.15) is 5.52 Å². The second-order valence-electron chi connectivity index (χ2n) is 4.02. The molecule has 96 valence electrons. The number of halogens is 1. The van der Waals surface area contributed by atoms with Crippen molar-refractivity contribution in [2.24, 2.45) is 5.73 Å². The van der Waals surface area contributed by atoms with E-state index in [2.05, 4.69) is 4.98 Å². The van der Waals surface area contributed by atoms with Crippen LogP contribution in [-0.4, -0.2) is 4.98 Å². The van der Waals surface area contributed by atoms with E-state index in [1.165, 1.54) is 12.1 Å². The average Bonchev–Trinajstić information content (AvgIpc) is 2.83. The predicted octanol–water partition coefficient (Wildman–Crippen LogP) is 3.22. The zero-order valence-corrected chi connectivity index (χ0v) is 9.97. The van der Waals surface area contributed by atoms with Crippen LogP contribution in [0.3, 0.4) is 0 Å². The highest BCUT2D eigenvalue weighted by molar-refractivity contribution is 5.72. The van der Waals surface area contributed by atoms with Crippen molar-refractivity contribution in [1.82, 2.24) is 4.98 Å². The topological polar surface area (TPSA) is 61.3 Å². The molecule has 5 heteroatoms. The summed E-state index contributed by atoms with van der Waals surface area (Å²) in [6, 6.07) is 11.8. The summed E-state index contributed by atoms with van der Waals surface area (Å²) < 4.78 is 24.4. The summed E-state index contributed by atoms with van der Waals surface area (Å²) in [5, 5.41) is 0. The van der Waals surface area contributed by atoms with Crippen LogP contribution in [0, 0.1) is 5.82 Å². The molecule has 0 aliphatic rings. The lowest BCUT2D eigenvalue weighted by molar-refractivity contribution is 0.328. The number of ether oxygens (including phenoxy) is 1. The summed E-state index contributed by atoms with van der Waals surface area (Å²) in [5.41, 5.74) is 7.39. The maximum absolute atomic E-state index is 13.7. The maximum atomic E-state index is 13.7. The van der Waals surface area contributed by atoms with Crippen molar-refractivity contribution in [2.45, 2.75) is 6.54 Å². The van der Waals surface area contributed by atoms with Gasteiger partial charge in [-0.3, -0.25) is 0 Å². The van der Waals surface area contributed by atoms with Gasteiger partial charge in [0, 0.05) is 6.54 Å². The third kappa shape index (κ3) is 2.28. The molecule has 0 saturated carbocycles. The number of aromatic nitrogens is 1. The van der Waals surface area contributed by atoms with Crippen molar-refractivity contribution < 1.29 is 13.5 Å². The van der Waals surface area contributed by atoms with Gasteiger partial charge < -0.3 is 14.9 Å². The molecule has 0 saturated heterocycles. The van der Waals surface area contributed by atoms with Crippen LogP contribution >= 0.6 is 0 Å². The van der Waals surface area contributed by atoms with Crippen LogP contribution in [-0.2, 0) is 6.54 Å². The van der Waals surface area contributed by atoms with Gasteiger partial charge >= 0.3 is 6.08 Å². The van der Waals surface area contributed by atoms with E-state index in [1.54, 1.807) is 18.2 Å². The van der Waals surface area contributed by atoms with E-state index in [-0.39, 0.29) is 18.4 Å². The van der Waals surface area contributed by atoms with Gasteiger partial charge in [0.25, 0.3) is 0 Å². The minimum Gasteiger partial charge on any atom is -0.409 e. The van der Waals surface area contributed by atoms with Crippen molar-refractivity contribution in [1.29, 1.82) is 0 Å². The van der Waals surface area contributed by atoms with Gasteiger partial charge in [-0.1, -0.05) is 18.2 Å². The third-order valence-electron chi connectivity index (χ3n) is 2.70. The highest BCUT2D eigenvalue weighted by atomic mass is 19.1. The minimum atomic E-state index is -0.495. The second kappa shape index (κ2) is 4.70. The van der Waals surface area contributed by atoms with Crippen LogP contribution < -0.4 is 10.5 Å². The number of nitrogens with zero attached hydrogens (tertiary/aromatic N) is 1. The Labute approximate surface area is 108 Å². The van der Waals surface area contributed by atoms with Crippen molar-refractivity contribution in [2.75, 3.05) is 0 Å². The van der Waals surface area contributed by atoms with E-state index in [0.29, 0.717) is 16.7 Å². The van der Waals surface area contributed by atoms with E-state index < -0.39 is 5.82 Å². The molecule has 0 fully saturated rings. The molecule has 0 spiro atoms. The number of benzene rings is 2. The largest absolute Gasteiger partial charge is 0.409 e. The van der Waals surface area contributed by atoms with Gasteiger partial charge in [0.05, 0.1) is 0 Å². The summed E-state index contributed by atoms with van der Waals surface area (Å²) in [7, 11) is 0. The Morgan fingerprint density at radius 2 is 2.05 bits per heavy atom. The number of para-hydroxylation sites is 2. The summed E-state index contributed by atoms with van der Waals surface area (Å²) in [4.78, 5) is 4.11. The fourth-order valence-corrected chi connectivity index (χ4v) is 1.74. The highest BCUT2D eigenvalue weighted by Gasteiger charge is 2.11. The van der Waals surface area contributed by atoms with Crippen LogP contribution in [0.15, 0.2) is 46.9 Å². The number of hydrogen-bond acceptors (Lipinski definition) is 4. The van der Waals surface area contributed by atoms with Crippen molar-refractivity contribution >= 4 is 11.1 Å². The molecule has 0 atom stereocenters. The first kappa shape index (κ1) is 11.7. The normalized spacial score (nSPS) is 10.8. The lowest BCUT2D eigenvalue weighted by atomic mass is 10.2.